The maximum absolute atomic E-state index is 13.9. The van der Waals surface area contributed by atoms with Gasteiger partial charge in [-0.2, -0.15) is 0 Å². The Kier molecular flexibility index (Phi) is 16.7. The molecule has 14 heteroatoms. The number of amides is 3. The van der Waals surface area contributed by atoms with Gasteiger partial charge in [0.1, 0.15) is 0 Å². The van der Waals surface area contributed by atoms with Gasteiger partial charge in [-0.05, 0) is 61.6 Å². The lowest BCUT2D eigenvalue weighted by Crippen LogP contribution is -2.50. The molecule has 1 aromatic heterocycles. The highest BCUT2D eigenvalue weighted by atomic mass is 16.5. The molecule has 1 aliphatic carbocycles. The first kappa shape index (κ1) is 38.5. The number of carboxylic acids is 2. The van der Waals surface area contributed by atoms with Crippen LogP contribution < -0.4 is 30.7 Å². The first-order valence-corrected chi connectivity index (χ1v) is 15.5. The SMILES string of the molecule is CC(=O)O.CC(=O)O.COc1ccc2cc1OCC(=O)NCCNCCCC(=O)NCC(CC1CC1)(C(=O)NCc1ccccn1)C2. The zero-order chi connectivity index (χ0) is 34.7. The third-order valence-corrected chi connectivity index (χ3v) is 7.15. The number of pyridine rings is 1. The standard InChI is InChI=1S/C29H39N5O5.2C2H4O2/c1-38-24-10-9-22-15-25(24)39-19-27(36)32-14-13-30-11-4-6-26(35)34-20-29(17-22,16-21-7-8-21)28(37)33-18-23-5-2-3-12-31-23;2*1-2(3)4/h2-3,5,9-10,12,15,21,30H,4,6-8,11,13-14,16-20H2,1H3,(H,32,36)(H,33,37)(H,34,35);2*1H3,(H,3,4). The molecule has 2 aliphatic rings. The molecule has 258 valence electrons. The summed E-state index contributed by atoms with van der Waals surface area (Å²) < 4.78 is 11.3. The van der Waals surface area contributed by atoms with Crippen molar-refractivity contribution in [1.29, 1.82) is 0 Å². The van der Waals surface area contributed by atoms with Crippen LogP contribution in [0.1, 0.15) is 57.2 Å². The van der Waals surface area contributed by atoms with Crippen molar-refractivity contribution in [3.63, 3.8) is 0 Å². The van der Waals surface area contributed by atoms with Crippen molar-refractivity contribution >= 4 is 29.7 Å². The van der Waals surface area contributed by atoms with Crippen LogP contribution in [0.3, 0.4) is 0 Å². The molecule has 3 amide bonds. The number of carboxylic acid groups (broad SMARTS) is 2. The van der Waals surface area contributed by atoms with Crippen molar-refractivity contribution in [1.82, 2.24) is 26.3 Å². The lowest BCUT2D eigenvalue weighted by atomic mass is 9.75. The Hall–Kier alpha value is -4.72. The number of hydrogen-bond donors (Lipinski definition) is 6. The van der Waals surface area contributed by atoms with E-state index in [9.17, 15) is 14.4 Å². The van der Waals surface area contributed by atoms with Gasteiger partial charge in [-0.25, -0.2) is 0 Å². The molecule has 1 atom stereocenters. The molecule has 0 radical (unpaired) electrons. The monoisotopic (exact) mass is 657 g/mol. The first-order chi connectivity index (χ1) is 22.4. The molecule has 6 N–H and O–H groups in total. The molecule has 1 fully saturated rings. The van der Waals surface area contributed by atoms with Gasteiger partial charge in [-0.1, -0.05) is 25.0 Å². The van der Waals surface area contributed by atoms with Crippen LogP contribution in [0.15, 0.2) is 42.6 Å². The number of benzene rings is 1. The highest BCUT2D eigenvalue weighted by Gasteiger charge is 2.43. The number of nitrogens with one attached hydrogen (secondary N) is 4. The lowest BCUT2D eigenvalue weighted by Gasteiger charge is -2.33. The molecule has 14 nitrogen and oxygen atoms in total. The Bertz CT molecular complexity index is 1300. The van der Waals surface area contributed by atoms with Crippen molar-refractivity contribution in [3.05, 3.63) is 53.9 Å². The van der Waals surface area contributed by atoms with Gasteiger partial charge in [0.25, 0.3) is 17.8 Å². The number of carbonyl (C=O) groups excluding carboxylic acids is 3. The average Bonchev–Trinajstić information content (AvgIpc) is 3.84. The number of ether oxygens (including phenoxy) is 2. The topological polar surface area (TPSA) is 205 Å². The van der Waals surface area contributed by atoms with Crippen molar-refractivity contribution in [2.45, 2.75) is 58.9 Å². The summed E-state index contributed by atoms with van der Waals surface area (Å²) in [5.74, 6) is -0.730. The third-order valence-electron chi connectivity index (χ3n) is 7.15. The highest BCUT2D eigenvalue weighted by molar-refractivity contribution is 5.84. The highest BCUT2D eigenvalue weighted by Crippen LogP contribution is 2.43. The second-order valence-electron chi connectivity index (χ2n) is 11.4. The van der Waals surface area contributed by atoms with Gasteiger partial charge in [0, 0.05) is 46.1 Å². The second-order valence-corrected chi connectivity index (χ2v) is 11.4. The van der Waals surface area contributed by atoms with Crippen molar-refractivity contribution in [2.75, 3.05) is 39.9 Å². The Morgan fingerprint density at radius 3 is 2.38 bits per heavy atom. The summed E-state index contributed by atoms with van der Waals surface area (Å²) >= 11 is 0. The van der Waals surface area contributed by atoms with Crippen LogP contribution >= 0.6 is 0 Å². The first-order valence-electron chi connectivity index (χ1n) is 15.5. The van der Waals surface area contributed by atoms with E-state index in [0.29, 0.717) is 69.3 Å². The van der Waals surface area contributed by atoms with Gasteiger partial charge < -0.3 is 41.0 Å². The predicted octanol–water partition coefficient (Wildman–Crippen LogP) is 1.91. The zero-order valence-electron chi connectivity index (χ0n) is 27.3. The van der Waals surface area contributed by atoms with Gasteiger partial charge in [-0.3, -0.25) is 29.0 Å². The molecule has 0 spiro atoms. The van der Waals surface area contributed by atoms with Crippen LogP contribution in [0.2, 0.25) is 0 Å². The summed E-state index contributed by atoms with van der Waals surface area (Å²) in [4.78, 5) is 61.4. The van der Waals surface area contributed by atoms with Crippen molar-refractivity contribution in [3.8, 4) is 11.5 Å². The van der Waals surface area contributed by atoms with E-state index < -0.39 is 17.4 Å². The Balaban J connectivity index is 0.000000862. The van der Waals surface area contributed by atoms with Crippen LogP contribution in [0.4, 0.5) is 0 Å². The fourth-order valence-electron chi connectivity index (χ4n) is 4.87. The molecule has 47 heavy (non-hydrogen) atoms. The number of carbonyl (C=O) groups is 5. The van der Waals surface area contributed by atoms with Crippen molar-refractivity contribution < 1.29 is 43.7 Å². The minimum Gasteiger partial charge on any atom is -0.493 e. The maximum atomic E-state index is 13.9. The summed E-state index contributed by atoms with van der Waals surface area (Å²) in [6, 6.07) is 11.1. The number of methoxy groups -OCH3 is 1. The van der Waals surface area contributed by atoms with E-state index in [-0.39, 0.29) is 30.9 Å². The normalized spacial score (nSPS) is 18.8. The number of aromatic nitrogens is 1. The number of rotatable bonds is 6. The molecule has 1 aromatic carbocycles. The summed E-state index contributed by atoms with van der Waals surface area (Å²) in [5, 5.41) is 27.0. The quantitative estimate of drug-likeness (QED) is 0.265. The van der Waals surface area contributed by atoms with Gasteiger partial charge in [0.2, 0.25) is 11.8 Å². The molecule has 1 aliphatic heterocycles. The van der Waals surface area contributed by atoms with E-state index in [1.165, 1.54) is 0 Å². The van der Waals surface area contributed by atoms with E-state index in [1.807, 2.05) is 30.3 Å². The Labute approximate surface area is 275 Å². The third kappa shape index (κ3) is 15.9. The fourth-order valence-corrected chi connectivity index (χ4v) is 4.87. The second kappa shape index (κ2) is 20.4. The Morgan fingerprint density at radius 2 is 1.74 bits per heavy atom. The number of fused-ring (bicyclic) bond motifs is 2. The molecule has 2 aromatic rings. The lowest BCUT2D eigenvalue weighted by molar-refractivity contribution is -0.135. The smallest absolute Gasteiger partial charge is 0.300 e. The fraction of sp³-hybridized carbons (Fsp3) is 0.515. The average molecular weight is 658 g/mol. The largest absolute Gasteiger partial charge is 0.493 e. The van der Waals surface area contributed by atoms with E-state index >= 15 is 0 Å². The molecule has 1 unspecified atom stereocenters. The summed E-state index contributed by atoms with van der Waals surface area (Å²) in [5.41, 5.74) is 0.764. The molecular weight excluding hydrogens is 610 g/mol. The van der Waals surface area contributed by atoms with E-state index in [0.717, 1.165) is 37.9 Å². The summed E-state index contributed by atoms with van der Waals surface area (Å²) in [7, 11) is 1.55. The minimum atomic E-state index is -0.863. The number of hydrogen-bond acceptors (Lipinski definition) is 9. The van der Waals surface area contributed by atoms with Crippen LogP contribution in [-0.2, 0) is 36.9 Å². The molecule has 2 heterocycles. The van der Waals surface area contributed by atoms with E-state index in [1.54, 1.807) is 19.4 Å². The molecule has 4 rings (SSSR count). The molecule has 1 saturated carbocycles. The zero-order valence-corrected chi connectivity index (χ0v) is 27.3. The summed E-state index contributed by atoms with van der Waals surface area (Å²) in [6.07, 6.45) is 5.91. The Morgan fingerprint density at radius 1 is 1.02 bits per heavy atom. The number of aliphatic carboxylic acids is 2. The predicted molar refractivity (Wildman–Crippen MR) is 173 cm³/mol. The maximum Gasteiger partial charge on any atom is 0.300 e. The van der Waals surface area contributed by atoms with Crippen LogP contribution in [0.25, 0.3) is 0 Å². The van der Waals surface area contributed by atoms with Gasteiger partial charge in [0.15, 0.2) is 18.1 Å². The van der Waals surface area contributed by atoms with Crippen LogP contribution in [0, 0.1) is 11.3 Å². The molecular formula is C33H47N5O9. The number of nitrogens with zero attached hydrogens (tertiary/aromatic N) is 1. The van der Waals surface area contributed by atoms with Gasteiger partial charge in [0.05, 0.1) is 24.8 Å². The molecule has 2 bridgehead atoms. The van der Waals surface area contributed by atoms with Crippen LogP contribution in [-0.4, -0.2) is 84.8 Å². The van der Waals surface area contributed by atoms with Crippen LogP contribution in [0.5, 0.6) is 11.5 Å². The molecule has 0 saturated heterocycles. The van der Waals surface area contributed by atoms with Crippen molar-refractivity contribution in [2.24, 2.45) is 11.3 Å². The minimum absolute atomic E-state index is 0.0809. The van der Waals surface area contributed by atoms with Gasteiger partial charge >= 0.3 is 0 Å². The van der Waals surface area contributed by atoms with E-state index in [2.05, 4.69) is 26.3 Å². The van der Waals surface area contributed by atoms with E-state index in [4.69, 9.17) is 29.3 Å². The van der Waals surface area contributed by atoms with Gasteiger partial charge in [-0.15, -0.1) is 0 Å². The summed E-state index contributed by atoms with van der Waals surface area (Å²) in [6.45, 7) is 4.26.